The summed E-state index contributed by atoms with van der Waals surface area (Å²) >= 11 is 0. The van der Waals surface area contributed by atoms with Gasteiger partial charge in [0.2, 0.25) is 0 Å². The number of aromatic nitrogens is 1. The minimum Gasteiger partial charge on any atom is -0.316 e. The van der Waals surface area contributed by atoms with Crippen LogP contribution in [-0.2, 0) is 0 Å². The highest BCUT2D eigenvalue weighted by atomic mass is 14.9. The Bertz CT molecular complexity index is 414. The van der Waals surface area contributed by atoms with Crippen molar-refractivity contribution in [3.05, 3.63) is 29.6 Å². The van der Waals surface area contributed by atoms with Gasteiger partial charge in [-0.25, -0.2) is 0 Å². The Morgan fingerprint density at radius 3 is 2.85 bits per heavy atom. The van der Waals surface area contributed by atoms with E-state index in [1.165, 1.54) is 30.4 Å². The van der Waals surface area contributed by atoms with Gasteiger partial charge in [-0.3, -0.25) is 4.98 Å². The van der Waals surface area contributed by atoms with E-state index >= 15 is 0 Å². The third-order valence-electron chi connectivity index (χ3n) is 4.69. The number of hydrogen-bond donors (Lipinski definition) is 1. The standard InChI is InChI=1S/C18H30N2/c1-13(2)10-20-11-16-6-5-14(3)9-17(16)18-12-19-8-7-15(18)4/h7-8,12-14,16-17,20H,5-6,9-11H2,1-4H3. The van der Waals surface area contributed by atoms with Crippen LogP contribution in [0.2, 0.25) is 0 Å². The Hall–Kier alpha value is -0.890. The molecule has 0 amide bonds. The molecule has 1 fully saturated rings. The average Bonchev–Trinajstić information content (AvgIpc) is 2.41. The lowest BCUT2D eigenvalue weighted by molar-refractivity contribution is 0.239. The maximum absolute atomic E-state index is 4.37. The van der Waals surface area contributed by atoms with E-state index in [1.807, 2.05) is 6.20 Å². The van der Waals surface area contributed by atoms with Crippen LogP contribution in [-0.4, -0.2) is 18.1 Å². The fourth-order valence-corrected chi connectivity index (χ4v) is 3.49. The molecular weight excluding hydrogens is 244 g/mol. The van der Waals surface area contributed by atoms with E-state index in [4.69, 9.17) is 0 Å². The van der Waals surface area contributed by atoms with Crippen LogP contribution in [0.15, 0.2) is 18.5 Å². The normalized spacial score (nSPS) is 26.9. The van der Waals surface area contributed by atoms with Crippen molar-refractivity contribution in [2.75, 3.05) is 13.1 Å². The zero-order valence-electron chi connectivity index (χ0n) is 13.5. The van der Waals surface area contributed by atoms with E-state index in [1.54, 1.807) is 0 Å². The molecule has 0 bridgehead atoms. The highest BCUT2D eigenvalue weighted by molar-refractivity contribution is 5.27. The van der Waals surface area contributed by atoms with Crippen molar-refractivity contribution in [3.63, 3.8) is 0 Å². The third-order valence-corrected chi connectivity index (χ3v) is 4.69. The molecule has 0 aliphatic heterocycles. The summed E-state index contributed by atoms with van der Waals surface area (Å²) in [5.41, 5.74) is 2.89. The smallest absolute Gasteiger partial charge is 0.0305 e. The molecule has 1 aliphatic rings. The van der Waals surface area contributed by atoms with Gasteiger partial charge in [-0.2, -0.15) is 0 Å². The molecule has 1 aromatic heterocycles. The van der Waals surface area contributed by atoms with Crippen LogP contribution in [0.25, 0.3) is 0 Å². The summed E-state index contributed by atoms with van der Waals surface area (Å²) in [6, 6.07) is 2.16. The van der Waals surface area contributed by atoms with Gasteiger partial charge in [-0.1, -0.05) is 27.2 Å². The summed E-state index contributed by atoms with van der Waals surface area (Å²) in [5.74, 6) is 3.04. The van der Waals surface area contributed by atoms with Gasteiger partial charge in [-0.15, -0.1) is 0 Å². The summed E-state index contributed by atoms with van der Waals surface area (Å²) in [7, 11) is 0. The molecular formula is C18H30N2. The minimum absolute atomic E-state index is 0.687. The Balaban J connectivity index is 2.06. The van der Waals surface area contributed by atoms with Crippen molar-refractivity contribution in [1.29, 1.82) is 0 Å². The lowest BCUT2D eigenvalue weighted by Gasteiger charge is -2.36. The molecule has 0 aromatic carbocycles. The predicted octanol–water partition coefficient (Wildman–Crippen LogP) is 4.16. The Kier molecular flexibility index (Phi) is 5.59. The first-order chi connectivity index (χ1) is 9.58. The molecule has 20 heavy (non-hydrogen) atoms. The van der Waals surface area contributed by atoms with E-state index in [0.717, 1.165) is 30.8 Å². The fourth-order valence-electron chi connectivity index (χ4n) is 3.49. The zero-order valence-corrected chi connectivity index (χ0v) is 13.5. The molecule has 1 saturated carbocycles. The number of pyridine rings is 1. The second kappa shape index (κ2) is 7.21. The summed E-state index contributed by atoms with van der Waals surface area (Å²) in [5, 5.41) is 3.67. The van der Waals surface area contributed by atoms with Crippen LogP contribution >= 0.6 is 0 Å². The van der Waals surface area contributed by atoms with Crippen LogP contribution in [0.4, 0.5) is 0 Å². The number of nitrogens with zero attached hydrogens (tertiary/aromatic N) is 1. The predicted molar refractivity (Wildman–Crippen MR) is 85.9 cm³/mol. The maximum atomic E-state index is 4.37. The summed E-state index contributed by atoms with van der Waals surface area (Å²) < 4.78 is 0. The SMILES string of the molecule is Cc1ccncc1C1CC(C)CCC1CNCC(C)C. The number of rotatable bonds is 5. The van der Waals surface area contributed by atoms with Gasteiger partial charge in [0.25, 0.3) is 0 Å². The van der Waals surface area contributed by atoms with Gasteiger partial charge in [0.05, 0.1) is 0 Å². The van der Waals surface area contributed by atoms with Crippen molar-refractivity contribution in [2.24, 2.45) is 17.8 Å². The van der Waals surface area contributed by atoms with Gasteiger partial charge < -0.3 is 5.32 Å². The van der Waals surface area contributed by atoms with Crippen LogP contribution in [0.3, 0.4) is 0 Å². The molecule has 1 heterocycles. The molecule has 1 N–H and O–H groups in total. The largest absolute Gasteiger partial charge is 0.316 e. The Morgan fingerprint density at radius 2 is 2.15 bits per heavy atom. The van der Waals surface area contributed by atoms with Crippen molar-refractivity contribution in [2.45, 2.75) is 52.9 Å². The highest BCUT2D eigenvalue weighted by Gasteiger charge is 2.30. The topological polar surface area (TPSA) is 24.9 Å². The number of hydrogen-bond acceptors (Lipinski definition) is 2. The van der Waals surface area contributed by atoms with Gasteiger partial charge in [0, 0.05) is 12.4 Å². The van der Waals surface area contributed by atoms with Crippen molar-refractivity contribution in [3.8, 4) is 0 Å². The quantitative estimate of drug-likeness (QED) is 0.872. The van der Waals surface area contributed by atoms with E-state index < -0.39 is 0 Å². The number of nitrogens with one attached hydrogen (secondary N) is 1. The Morgan fingerprint density at radius 1 is 1.35 bits per heavy atom. The summed E-state index contributed by atoms with van der Waals surface area (Å²) in [4.78, 5) is 4.37. The monoisotopic (exact) mass is 274 g/mol. The first-order valence-corrected chi connectivity index (χ1v) is 8.19. The summed E-state index contributed by atoms with van der Waals surface area (Å²) in [6.45, 7) is 11.5. The molecule has 112 valence electrons. The highest BCUT2D eigenvalue weighted by Crippen LogP contribution is 2.40. The van der Waals surface area contributed by atoms with Gasteiger partial charge >= 0.3 is 0 Å². The van der Waals surface area contributed by atoms with Gasteiger partial charge in [-0.05, 0) is 73.7 Å². The van der Waals surface area contributed by atoms with E-state index in [-0.39, 0.29) is 0 Å². The van der Waals surface area contributed by atoms with Crippen molar-refractivity contribution < 1.29 is 0 Å². The molecule has 3 unspecified atom stereocenters. The molecule has 0 radical (unpaired) electrons. The molecule has 2 nitrogen and oxygen atoms in total. The van der Waals surface area contributed by atoms with Crippen molar-refractivity contribution in [1.82, 2.24) is 10.3 Å². The molecule has 2 rings (SSSR count). The second-order valence-electron chi connectivity index (χ2n) is 7.07. The van der Waals surface area contributed by atoms with E-state index in [2.05, 4.69) is 50.3 Å². The molecule has 0 saturated heterocycles. The minimum atomic E-state index is 0.687. The van der Waals surface area contributed by atoms with Crippen LogP contribution in [0.5, 0.6) is 0 Å². The second-order valence-corrected chi connectivity index (χ2v) is 7.07. The molecule has 1 aliphatic carbocycles. The summed E-state index contributed by atoms with van der Waals surface area (Å²) in [6.07, 6.45) is 8.07. The average molecular weight is 274 g/mol. The van der Waals surface area contributed by atoms with Crippen LogP contribution in [0.1, 0.15) is 57.1 Å². The van der Waals surface area contributed by atoms with Gasteiger partial charge in [0.1, 0.15) is 0 Å². The Labute approximate surface area is 124 Å². The van der Waals surface area contributed by atoms with Crippen LogP contribution in [0, 0.1) is 24.7 Å². The molecule has 3 atom stereocenters. The number of aryl methyl sites for hydroxylation is 1. The molecule has 2 heteroatoms. The lowest BCUT2D eigenvalue weighted by atomic mass is 9.71. The van der Waals surface area contributed by atoms with E-state index in [0.29, 0.717) is 5.92 Å². The lowest BCUT2D eigenvalue weighted by Crippen LogP contribution is -2.33. The van der Waals surface area contributed by atoms with E-state index in [9.17, 15) is 0 Å². The maximum Gasteiger partial charge on any atom is 0.0305 e. The molecule has 0 spiro atoms. The first kappa shape index (κ1) is 15.5. The zero-order chi connectivity index (χ0) is 14.5. The van der Waals surface area contributed by atoms with Crippen molar-refractivity contribution >= 4 is 0 Å². The first-order valence-electron chi connectivity index (χ1n) is 8.19. The molecule has 1 aromatic rings. The van der Waals surface area contributed by atoms with Gasteiger partial charge in [0.15, 0.2) is 0 Å². The third kappa shape index (κ3) is 4.05. The fraction of sp³-hybridized carbons (Fsp3) is 0.722. The van der Waals surface area contributed by atoms with Crippen LogP contribution < -0.4 is 5.32 Å².